The van der Waals surface area contributed by atoms with Gasteiger partial charge in [0.1, 0.15) is 6.10 Å². The number of amides is 1. The Morgan fingerprint density at radius 3 is 2.76 bits per heavy atom. The van der Waals surface area contributed by atoms with E-state index in [0.29, 0.717) is 29.7 Å². The number of morpholine rings is 1. The number of nitrogens with one attached hydrogen (secondary N) is 3. The minimum Gasteiger partial charge on any atom is -0.366 e. The highest BCUT2D eigenvalue weighted by Gasteiger charge is 2.22. The molecule has 2 heterocycles. The molecule has 2 aromatic rings. The molecule has 1 aliphatic heterocycles. The summed E-state index contributed by atoms with van der Waals surface area (Å²) < 4.78 is 30.2. The van der Waals surface area contributed by atoms with Crippen LogP contribution in [0.5, 0.6) is 0 Å². The molecule has 1 unspecified atom stereocenters. The van der Waals surface area contributed by atoms with E-state index in [1.165, 1.54) is 11.3 Å². The molecule has 1 amide bonds. The van der Waals surface area contributed by atoms with Crippen LogP contribution in [0.3, 0.4) is 0 Å². The Morgan fingerprint density at radius 2 is 2.12 bits per heavy atom. The van der Waals surface area contributed by atoms with Gasteiger partial charge in [-0.1, -0.05) is 12.1 Å². The summed E-state index contributed by atoms with van der Waals surface area (Å²) in [5, 5.41) is 8.18. The van der Waals surface area contributed by atoms with Gasteiger partial charge in [-0.25, -0.2) is 13.4 Å². The third-order valence-electron chi connectivity index (χ3n) is 3.44. The van der Waals surface area contributed by atoms with Crippen LogP contribution in [0, 0.1) is 0 Å². The zero-order valence-corrected chi connectivity index (χ0v) is 15.1. The molecular weight excluding hydrogens is 364 g/mol. The van der Waals surface area contributed by atoms with Crippen molar-refractivity contribution in [3.05, 3.63) is 29.6 Å². The lowest BCUT2D eigenvalue weighted by Gasteiger charge is -2.22. The van der Waals surface area contributed by atoms with Crippen molar-refractivity contribution >= 4 is 38.1 Å². The van der Waals surface area contributed by atoms with Crippen LogP contribution in [0.4, 0.5) is 10.8 Å². The predicted molar refractivity (Wildman–Crippen MR) is 97.3 cm³/mol. The van der Waals surface area contributed by atoms with Gasteiger partial charge in [-0.2, -0.15) is 0 Å². The number of aromatic nitrogens is 1. The average molecular weight is 382 g/mol. The molecule has 134 valence electrons. The van der Waals surface area contributed by atoms with Crippen LogP contribution in [0.1, 0.15) is 0 Å². The van der Waals surface area contributed by atoms with E-state index in [0.717, 1.165) is 18.4 Å². The van der Waals surface area contributed by atoms with Gasteiger partial charge in [0.25, 0.3) is 5.91 Å². The quantitative estimate of drug-likeness (QED) is 0.715. The fraction of sp³-hybridized carbons (Fsp3) is 0.333. The Balaban J connectivity index is 1.65. The van der Waals surface area contributed by atoms with Crippen LogP contribution in [-0.2, 0) is 19.6 Å². The van der Waals surface area contributed by atoms with Crippen LogP contribution in [0.2, 0.25) is 0 Å². The van der Waals surface area contributed by atoms with E-state index >= 15 is 0 Å². The second-order valence-electron chi connectivity index (χ2n) is 5.54. The first-order valence-corrected chi connectivity index (χ1v) is 10.3. The standard InChI is InChI=1S/C15H18N4O4S2/c1-25(21,22)19-11-4-2-10(3-5-11)12-9-24-15(17-12)18-14(20)13-8-16-6-7-23-13/h2-5,9,13,16,19H,6-8H2,1H3,(H,17,18,20). The number of ether oxygens (including phenoxy) is 1. The largest absolute Gasteiger partial charge is 0.366 e. The number of sulfonamides is 1. The molecule has 1 aromatic heterocycles. The molecule has 3 rings (SSSR count). The summed E-state index contributed by atoms with van der Waals surface area (Å²) in [5.41, 5.74) is 2.01. The molecule has 8 nitrogen and oxygen atoms in total. The van der Waals surface area contributed by atoms with Crippen molar-refractivity contribution in [2.45, 2.75) is 6.10 Å². The highest BCUT2D eigenvalue weighted by Crippen LogP contribution is 2.26. The van der Waals surface area contributed by atoms with Crippen LogP contribution < -0.4 is 15.4 Å². The topological polar surface area (TPSA) is 109 Å². The Hall–Kier alpha value is -2.01. The third kappa shape index (κ3) is 4.98. The molecule has 0 radical (unpaired) electrons. The van der Waals surface area contributed by atoms with Gasteiger partial charge in [0.2, 0.25) is 10.0 Å². The van der Waals surface area contributed by atoms with Gasteiger partial charge in [-0.05, 0) is 12.1 Å². The lowest BCUT2D eigenvalue weighted by Crippen LogP contribution is -2.45. The van der Waals surface area contributed by atoms with E-state index < -0.39 is 16.1 Å². The first-order chi connectivity index (χ1) is 11.9. The molecule has 25 heavy (non-hydrogen) atoms. The SMILES string of the molecule is CS(=O)(=O)Nc1ccc(-c2csc(NC(=O)C3CNCCO3)n2)cc1. The lowest BCUT2D eigenvalue weighted by atomic mass is 10.1. The summed E-state index contributed by atoms with van der Waals surface area (Å²) >= 11 is 1.32. The molecular formula is C15H18N4O4S2. The van der Waals surface area contributed by atoms with Crippen molar-refractivity contribution in [2.24, 2.45) is 0 Å². The van der Waals surface area contributed by atoms with Crippen LogP contribution >= 0.6 is 11.3 Å². The maximum atomic E-state index is 12.1. The van der Waals surface area contributed by atoms with E-state index in [1.54, 1.807) is 24.3 Å². The summed E-state index contributed by atoms with van der Waals surface area (Å²) in [6.45, 7) is 1.74. The number of carbonyl (C=O) groups is 1. The van der Waals surface area contributed by atoms with Crippen LogP contribution in [0.15, 0.2) is 29.6 Å². The molecule has 10 heteroatoms. The number of nitrogens with zero attached hydrogens (tertiary/aromatic N) is 1. The first-order valence-electron chi connectivity index (χ1n) is 7.58. The molecule has 1 atom stereocenters. The Bertz CT molecular complexity index is 843. The molecule has 0 aliphatic carbocycles. The smallest absolute Gasteiger partial charge is 0.256 e. The van der Waals surface area contributed by atoms with Gasteiger partial charge in [-0.3, -0.25) is 14.8 Å². The normalized spacial score (nSPS) is 17.9. The number of rotatable bonds is 5. The number of thiazole rings is 1. The van der Waals surface area contributed by atoms with Crippen molar-refractivity contribution in [1.29, 1.82) is 0 Å². The Morgan fingerprint density at radius 1 is 1.36 bits per heavy atom. The van der Waals surface area contributed by atoms with Crippen molar-refractivity contribution in [3.8, 4) is 11.3 Å². The summed E-state index contributed by atoms with van der Waals surface area (Å²) in [4.78, 5) is 16.5. The van der Waals surface area contributed by atoms with E-state index in [2.05, 4.69) is 20.3 Å². The number of hydrogen-bond acceptors (Lipinski definition) is 7. The second kappa shape index (κ2) is 7.48. The zero-order valence-electron chi connectivity index (χ0n) is 13.5. The van der Waals surface area contributed by atoms with E-state index in [9.17, 15) is 13.2 Å². The molecule has 0 bridgehead atoms. The Kier molecular flexibility index (Phi) is 5.33. The zero-order chi connectivity index (χ0) is 17.9. The first kappa shape index (κ1) is 17.8. The van der Waals surface area contributed by atoms with Crippen molar-refractivity contribution in [2.75, 3.05) is 36.0 Å². The molecule has 1 aromatic carbocycles. The minimum absolute atomic E-state index is 0.221. The van der Waals surface area contributed by atoms with Crippen molar-refractivity contribution in [3.63, 3.8) is 0 Å². The summed E-state index contributed by atoms with van der Waals surface area (Å²) in [7, 11) is -3.30. The Labute approximate surface area is 149 Å². The van der Waals surface area contributed by atoms with E-state index in [4.69, 9.17) is 4.74 Å². The van der Waals surface area contributed by atoms with Gasteiger partial charge in [0.15, 0.2) is 5.13 Å². The predicted octanol–water partition coefficient (Wildman–Crippen LogP) is 1.11. The molecule has 1 aliphatic rings. The summed E-state index contributed by atoms with van der Waals surface area (Å²) in [6, 6.07) is 6.86. The highest BCUT2D eigenvalue weighted by molar-refractivity contribution is 7.92. The van der Waals surface area contributed by atoms with Crippen molar-refractivity contribution < 1.29 is 17.9 Å². The fourth-order valence-electron chi connectivity index (χ4n) is 2.31. The van der Waals surface area contributed by atoms with Crippen LogP contribution in [-0.4, -0.2) is 51.4 Å². The number of hydrogen-bond donors (Lipinski definition) is 3. The molecule has 1 fully saturated rings. The maximum absolute atomic E-state index is 12.1. The number of anilines is 2. The van der Waals surface area contributed by atoms with E-state index in [-0.39, 0.29) is 5.91 Å². The second-order valence-corrected chi connectivity index (χ2v) is 8.15. The van der Waals surface area contributed by atoms with Gasteiger partial charge in [0.05, 0.1) is 18.6 Å². The average Bonchev–Trinajstić information content (AvgIpc) is 3.03. The van der Waals surface area contributed by atoms with Crippen LogP contribution in [0.25, 0.3) is 11.3 Å². The van der Waals surface area contributed by atoms with E-state index in [1.807, 2.05) is 5.38 Å². The maximum Gasteiger partial charge on any atom is 0.256 e. The number of benzene rings is 1. The number of carbonyl (C=O) groups excluding carboxylic acids is 1. The minimum atomic E-state index is -3.30. The van der Waals surface area contributed by atoms with Gasteiger partial charge in [-0.15, -0.1) is 11.3 Å². The summed E-state index contributed by atoms with van der Waals surface area (Å²) in [6.07, 6.45) is 0.587. The summed E-state index contributed by atoms with van der Waals surface area (Å²) in [5.74, 6) is -0.221. The van der Waals surface area contributed by atoms with Crippen molar-refractivity contribution in [1.82, 2.24) is 10.3 Å². The third-order valence-corrected chi connectivity index (χ3v) is 4.80. The fourth-order valence-corrected chi connectivity index (χ4v) is 3.59. The molecule has 0 spiro atoms. The highest BCUT2D eigenvalue weighted by atomic mass is 32.2. The van der Waals surface area contributed by atoms with Gasteiger partial charge in [0, 0.05) is 29.7 Å². The lowest BCUT2D eigenvalue weighted by molar-refractivity contribution is -0.128. The monoisotopic (exact) mass is 382 g/mol. The van der Waals surface area contributed by atoms with Gasteiger partial charge >= 0.3 is 0 Å². The molecule has 0 saturated carbocycles. The molecule has 1 saturated heterocycles. The molecule has 3 N–H and O–H groups in total. The van der Waals surface area contributed by atoms with Gasteiger partial charge < -0.3 is 10.1 Å².